The van der Waals surface area contributed by atoms with Gasteiger partial charge in [-0.05, 0) is 66.4 Å². The van der Waals surface area contributed by atoms with E-state index in [4.69, 9.17) is 9.15 Å². The summed E-state index contributed by atoms with van der Waals surface area (Å²) in [7, 11) is -2.03. The Morgan fingerprint density at radius 2 is 1.76 bits per heavy atom. The number of ether oxygens (including phenoxy) is 1. The smallest absolute Gasteiger partial charge is 0.244 e. The second kappa shape index (κ2) is 10.3. The van der Waals surface area contributed by atoms with E-state index in [1.54, 1.807) is 37.5 Å². The lowest BCUT2D eigenvalue weighted by Gasteiger charge is -2.30. The lowest BCUT2D eigenvalue weighted by Crippen LogP contribution is -2.43. The van der Waals surface area contributed by atoms with Crippen molar-refractivity contribution >= 4 is 22.0 Å². The first-order valence-electron chi connectivity index (χ1n) is 11.2. The molecule has 0 unspecified atom stereocenters. The number of hydrogen-bond acceptors (Lipinski definition) is 5. The van der Waals surface area contributed by atoms with Crippen molar-refractivity contribution in [3.8, 4) is 5.75 Å². The van der Waals surface area contributed by atoms with Crippen molar-refractivity contribution in [2.75, 3.05) is 7.11 Å². The minimum Gasteiger partial charge on any atom is -0.497 e. The van der Waals surface area contributed by atoms with Crippen LogP contribution in [-0.4, -0.2) is 21.4 Å². The molecule has 8 heteroatoms. The molecule has 34 heavy (non-hydrogen) atoms. The molecule has 1 amide bonds. The van der Waals surface area contributed by atoms with E-state index in [9.17, 15) is 13.2 Å². The number of sulfonamides is 1. The molecule has 2 N–H and O–H groups in total. The largest absolute Gasteiger partial charge is 0.497 e. The highest BCUT2D eigenvalue weighted by Crippen LogP contribution is 2.39. The molecule has 3 aromatic rings. The fourth-order valence-corrected chi connectivity index (χ4v) is 5.24. The van der Waals surface area contributed by atoms with Gasteiger partial charge in [0.1, 0.15) is 11.5 Å². The summed E-state index contributed by atoms with van der Waals surface area (Å²) >= 11 is 0. The van der Waals surface area contributed by atoms with E-state index >= 15 is 0 Å². The molecule has 1 fully saturated rings. The number of carbonyl (C=O) groups excluding carboxylic acids is 1. The van der Waals surface area contributed by atoms with E-state index in [1.165, 1.54) is 24.5 Å². The molecular weight excluding hydrogens is 452 g/mol. The van der Waals surface area contributed by atoms with Gasteiger partial charge in [-0.25, -0.2) is 13.1 Å². The first-order valence-corrected chi connectivity index (χ1v) is 12.7. The number of methoxy groups -OCH3 is 1. The highest BCUT2D eigenvalue weighted by molar-refractivity contribution is 7.89. The molecule has 1 aliphatic rings. The lowest BCUT2D eigenvalue weighted by atomic mass is 9.88. The van der Waals surface area contributed by atoms with Crippen molar-refractivity contribution in [3.63, 3.8) is 0 Å². The number of benzene rings is 2. The Hall–Kier alpha value is -3.36. The molecule has 1 aliphatic carbocycles. The molecule has 1 aromatic heterocycles. The number of hydrogen-bond donors (Lipinski definition) is 2. The van der Waals surface area contributed by atoms with Crippen LogP contribution in [0.15, 0.2) is 82.3 Å². The molecule has 1 saturated carbocycles. The molecule has 0 spiro atoms. The summed E-state index contributed by atoms with van der Waals surface area (Å²) in [5.74, 6) is 1.13. The third-order valence-corrected chi connectivity index (χ3v) is 7.51. The van der Waals surface area contributed by atoms with Gasteiger partial charge in [-0.15, -0.1) is 0 Å². The maximum Gasteiger partial charge on any atom is 0.244 e. The summed E-state index contributed by atoms with van der Waals surface area (Å²) in [6, 6.07) is 17.6. The fourth-order valence-electron chi connectivity index (χ4n) is 4.24. The van der Waals surface area contributed by atoms with Gasteiger partial charge in [-0.3, -0.25) is 4.79 Å². The van der Waals surface area contributed by atoms with E-state index in [0.29, 0.717) is 5.76 Å². The number of rotatable bonds is 9. The monoisotopic (exact) mass is 480 g/mol. The van der Waals surface area contributed by atoms with Crippen LogP contribution in [0.4, 0.5) is 0 Å². The van der Waals surface area contributed by atoms with Crippen LogP contribution >= 0.6 is 0 Å². The zero-order valence-corrected chi connectivity index (χ0v) is 19.8. The topological polar surface area (TPSA) is 97.6 Å². The van der Waals surface area contributed by atoms with Crippen molar-refractivity contribution in [1.29, 1.82) is 0 Å². The van der Waals surface area contributed by atoms with Gasteiger partial charge < -0.3 is 14.5 Å². The Labute approximate surface area is 199 Å². The Bertz CT molecular complexity index is 1230. The molecular formula is C26H28N2O5S. The number of carbonyl (C=O) groups is 1. The molecule has 1 heterocycles. The quantitative estimate of drug-likeness (QED) is 0.444. The van der Waals surface area contributed by atoms with Gasteiger partial charge in [0.05, 0.1) is 30.4 Å². The number of nitrogens with one attached hydrogen (secondary N) is 2. The predicted octanol–water partition coefficient (Wildman–Crippen LogP) is 4.37. The number of furan rings is 1. The minimum atomic E-state index is -3.67. The first-order chi connectivity index (χ1) is 16.4. The third-order valence-electron chi connectivity index (χ3n) is 6.10. The second-order valence-electron chi connectivity index (χ2n) is 8.31. The van der Waals surface area contributed by atoms with E-state index in [2.05, 4.69) is 10.0 Å². The Kier molecular flexibility index (Phi) is 7.19. The van der Waals surface area contributed by atoms with Crippen molar-refractivity contribution in [2.24, 2.45) is 0 Å². The second-order valence-corrected chi connectivity index (χ2v) is 10.1. The molecule has 0 saturated heterocycles. The molecule has 0 aliphatic heterocycles. The fraction of sp³-hybridized carbons (Fsp3) is 0.269. The molecule has 0 atom stereocenters. The van der Waals surface area contributed by atoms with Crippen LogP contribution in [0, 0.1) is 0 Å². The van der Waals surface area contributed by atoms with Gasteiger partial charge in [0.25, 0.3) is 0 Å². The summed E-state index contributed by atoms with van der Waals surface area (Å²) in [4.78, 5) is 12.9. The van der Waals surface area contributed by atoms with Crippen LogP contribution in [0.5, 0.6) is 5.75 Å². The Morgan fingerprint density at radius 3 is 2.38 bits per heavy atom. The van der Waals surface area contributed by atoms with Crippen molar-refractivity contribution in [3.05, 3.63) is 89.9 Å². The first kappa shape index (κ1) is 23.8. The van der Waals surface area contributed by atoms with Gasteiger partial charge in [0.15, 0.2) is 0 Å². The van der Waals surface area contributed by atoms with E-state index in [-0.39, 0.29) is 22.9 Å². The molecule has 4 rings (SSSR count). The summed E-state index contributed by atoms with van der Waals surface area (Å²) in [5.41, 5.74) is 1.42. The van der Waals surface area contributed by atoms with Gasteiger partial charge in [0.2, 0.25) is 15.9 Å². The van der Waals surface area contributed by atoms with Gasteiger partial charge >= 0.3 is 0 Å². The van der Waals surface area contributed by atoms with Crippen LogP contribution in [0.2, 0.25) is 0 Å². The predicted molar refractivity (Wildman–Crippen MR) is 129 cm³/mol. The van der Waals surface area contributed by atoms with E-state index in [1.807, 2.05) is 24.3 Å². The Balaban J connectivity index is 1.40. The summed E-state index contributed by atoms with van der Waals surface area (Å²) < 4.78 is 37.8. The molecule has 178 valence electrons. The zero-order valence-electron chi connectivity index (χ0n) is 19.0. The normalized spacial score (nSPS) is 15.4. The molecule has 2 aromatic carbocycles. The van der Waals surface area contributed by atoms with Crippen LogP contribution in [0.3, 0.4) is 0 Å². The highest BCUT2D eigenvalue weighted by atomic mass is 32.2. The van der Waals surface area contributed by atoms with Gasteiger partial charge in [-0.2, -0.15) is 0 Å². The maximum atomic E-state index is 12.8. The van der Waals surface area contributed by atoms with Crippen molar-refractivity contribution in [1.82, 2.24) is 10.0 Å². The minimum absolute atomic E-state index is 0.0765. The summed E-state index contributed by atoms with van der Waals surface area (Å²) in [5, 5.41) is 3.20. The lowest BCUT2D eigenvalue weighted by molar-refractivity contribution is -0.118. The molecule has 7 nitrogen and oxygen atoms in total. The van der Waals surface area contributed by atoms with Crippen molar-refractivity contribution < 1.29 is 22.4 Å². The number of amides is 1. The standard InChI is InChI=1S/C26H28N2O5S/c1-32-22-11-9-21(10-12-22)26(16-2-3-17-26)28-25(29)15-8-20-6-13-24(14-7-20)34(30,31)27-19-23-5-4-18-33-23/h4-15,18,27H,2-3,16-17,19H2,1H3,(H,28,29). The van der Waals surface area contributed by atoms with Crippen LogP contribution in [0.1, 0.15) is 42.6 Å². The Morgan fingerprint density at radius 1 is 1.06 bits per heavy atom. The summed E-state index contributed by atoms with van der Waals surface area (Å²) in [6.07, 6.45) is 8.54. The van der Waals surface area contributed by atoms with E-state index in [0.717, 1.165) is 42.6 Å². The highest BCUT2D eigenvalue weighted by Gasteiger charge is 2.36. The zero-order chi connectivity index (χ0) is 24.0. The van der Waals surface area contributed by atoms with Gasteiger partial charge in [0, 0.05) is 6.08 Å². The SMILES string of the molecule is COc1ccc(C2(NC(=O)C=Cc3ccc(S(=O)(=O)NCc4ccco4)cc3)CCCC2)cc1. The van der Waals surface area contributed by atoms with Crippen LogP contribution in [0.25, 0.3) is 6.08 Å². The average Bonchev–Trinajstić information content (AvgIpc) is 3.55. The third kappa shape index (κ3) is 5.58. The van der Waals surface area contributed by atoms with Crippen LogP contribution in [-0.2, 0) is 26.9 Å². The van der Waals surface area contributed by atoms with Crippen molar-refractivity contribution in [2.45, 2.75) is 42.7 Å². The van der Waals surface area contributed by atoms with Crippen LogP contribution < -0.4 is 14.8 Å². The average molecular weight is 481 g/mol. The van der Waals surface area contributed by atoms with E-state index < -0.39 is 10.0 Å². The molecule has 0 bridgehead atoms. The summed E-state index contributed by atoms with van der Waals surface area (Å²) in [6.45, 7) is 0.0765. The van der Waals surface area contributed by atoms with Gasteiger partial charge in [-0.1, -0.05) is 37.1 Å². The maximum absolute atomic E-state index is 12.8. The molecule has 0 radical (unpaired) electrons.